The summed E-state index contributed by atoms with van der Waals surface area (Å²) in [6.45, 7) is 8.79. The molecule has 0 aromatic carbocycles. The average Bonchev–Trinajstić information content (AvgIpc) is 3.04. The molecule has 0 aliphatic heterocycles. The maximum Gasteiger partial charge on any atom is 0.226 e. The van der Waals surface area contributed by atoms with Crippen LogP contribution in [0.15, 0.2) is 9.68 Å². The standard InChI is InChI=1S/C19H29N5O2S/c1-12(2)11-16-23-18(26-24-16)7-6-10-20-17(25)9-8-15-13(3)21-19(27-5)22-14(15)4/h12H,6-11H2,1-5H3,(H,20,25). The fraction of sp³-hybridized carbons (Fsp3) is 0.632. The van der Waals surface area contributed by atoms with E-state index < -0.39 is 0 Å². The van der Waals surface area contributed by atoms with Gasteiger partial charge in [-0.2, -0.15) is 4.98 Å². The first-order chi connectivity index (χ1) is 12.9. The normalized spacial score (nSPS) is 11.2. The van der Waals surface area contributed by atoms with Crippen molar-refractivity contribution in [1.82, 2.24) is 25.4 Å². The van der Waals surface area contributed by atoms with Gasteiger partial charge in [0, 0.05) is 37.2 Å². The van der Waals surface area contributed by atoms with Gasteiger partial charge >= 0.3 is 0 Å². The van der Waals surface area contributed by atoms with E-state index in [1.807, 2.05) is 20.1 Å². The molecule has 0 saturated carbocycles. The molecule has 0 spiro atoms. The van der Waals surface area contributed by atoms with Crippen LogP contribution in [0.25, 0.3) is 0 Å². The quantitative estimate of drug-likeness (QED) is 0.378. The lowest BCUT2D eigenvalue weighted by Crippen LogP contribution is -2.25. The monoisotopic (exact) mass is 391 g/mol. The molecule has 27 heavy (non-hydrogen) atoms. The van der Waals surface area contributed by atoms with Crippen LogP contribution < -0.4 is 5.32 Å². The van der Waals surface area contributed by atoms with Gasteiger partial charge in [-0.25, -0.2) is 9.97 Å². The Kier molecular flexibility index (Phi) is 8.22. The zero-order chi connectivity index (χ0) is 19.8. The van der Waals surface area contributed by atoms with Crippen molar-refractivity contribution in [2.75, 3.05) is 12.8 Å². The third-order valence-corrected chi connectivity index (χ3v) is 4.72. The summed E-state index contributed by atoms with van der Waals surface area (Å²) in [4.78, 5) is 25.4. The summed E-state index contributed by atoms with van der Waals surface area (Å²) in [5.74, 6) is 1.93. The maximum atomic E-state index is 12.1. The van der Waals surface area contributed by atoms with Crippen molar-refractivity contribution < 1.29 is 9.32 Å². The lowest BCUT2D eigenvalue weighted by Gasteiger charge is -2.10. The van der Waals surface area contributed by atoms with E-state index in [1.54, 1.807) is 0 Å². The first kappa shape index (κ1) is 21.3. The van der Waals surface area contributed by atoms with Gasteiger partial charge in [-0.05, 0) is 44.4 Å². The minimum Gasteiger partial charge on any atom is -0.356 e. The zero-order valence-corrected chi connectivity index (χ0v) is 17.7. The number of thioether (sulfide) groups is 1. The summed E-state index contributed by atoms with van der Waals surface area (Å²) < 4.78 is 5.23. The second-order valence-electron chi connectivity index (χ2n) is 7.02. The lowest BCUT2D eigenvalue weighted by atomic mass is 10.1. The molecule has 0 atom stereocenters. The average molecular weight is 392 g/mol. The zero-order valence-electron chi connectivity index (χ0n) is 16.8. The largest absolute Gasteiger partial charge is 0.356 e. The number of nitrogens with one attached hydrogen (secondary N) is 1. The predicted molar refractivity (Wildman–Crippen MR) is 106 cm³/mol. The molecule has 0 bridgehead atoms. The number of nitrogens with zero attached hydrogens (tertiary/aromatic N) is 4. The number of hydrogen-bond acceptors (Lipinski definition) is 7. The Hall–Kier alpha value is -1.96. The Labute approximate surface area is 165 Å². The summed E-state index contributed by atoms with van der Waals surface area (Å²) in [5, 5.41) is 7.70. The smallest absolute Gasteiger partial charge is 0.226 e. The number of aromatic nitrogens is 4. The first-order valence-corrected chi connectivity index (χ1v) is 10.6. The van der Waals surface area contributed by atoms with Crippen LogP contribution in [0, 0.1) is 19.8 Å². The van der Waals surface area contributed by atoms with Crippen molar-refractivity contribution in [3.05, 3.63) is 28.7 Å². The molecule has 2 heterocycles. The third kappa shape index (κ3) is 6.93. The van der Waals surface area contributed by atoms with E-state index in [4.69, 9.17) is 4.52 Å². The Morgan fingerprint density at radius 1 is 1.15 bits per heavy atom. The molecular weight excluding hydrogens is 362 g/mol. The molecule has 1 N–H and O–H groups in total. The lowest BCUT2D eigenvalue weighted by molar-refractivity contribution is -0.121. The van der Waals surface area contributed by atoms with Crippen molar-refractivity contribution in [3.63, 3.8) is 0 Å². The molecule has 7 nitrogen and oxygen atoms in total. The molecule has 0 saturated heterocycles. The number of hydrogen-bond donors (Lipinski definition) is 1. The molecule has 0 aliphatic rings. The number of aryl methyl sites for hydroxylation is 3. The highest BCUT2D eigenvalue weighted by Gasteiger charge is 2.11. The second kappa shape index (κ2) is 10.4. The first-order valence-electron chi connectivity index (χ1n) is 9.35. The van der Waals surface area contributed by atoms with Gasteiger partial charge in [0.25, 0.3) is 0 Å². The van der Waals surface area contributed by atoms with Gasteiger partial charge < -0.3 is 9.84 Å². The van der Waals surface area contributed by atoms with E-state index >= 15 is 0 Å². The fourth-order valence-electron chi connectivity index (χ4n) is 2.80. The van der Waals surface area contributed by atoms with E-state index in [0.717, 1.165) is 40.8 Å². The van der Waals surface area contributed by atoms with Crippen molar-refractivity contribution in [3.8, 4) is 0 Å². The summed E-state index contributed by atoms with van der Waals surface area (Å²) in [5.41, 5.74) is 2.97. The highest BCUT2D eigenvalue weighted by atomic mass is 32.2. The van der Waals surface area contributed by atoms with Gasteiger partial charge in [-0.1, -0.05) is 30.8 Å². The van der Waals surface area contributed by atoms with Crippen LogP contribution in [0.3, 0.4) is 0 Å². The molecule has 2 aromatic rings. The van der Waals surface area contributed by atoms with Crippen molar-refractivity contribution in [2.45, 2.75) is 65.0 Å². The highest BCUT2D eigenvalue weighted by molar-refractivity contribution is 7.98. The van der Waals surface area contributed by atoms with Gasteiger partial charge in [0.05, 0.1) is 0 Å². The molecule has 0 aliphatic carbocycles. The van der Waals surface area contributed by atoms with Crippen LogP contribution in [0.4, 0.5) is 0 Å². The maximum absolute atomic E-state index is 12.1. The number of carbonyl (C=O) groups excluding carboxylic acids is 1. The minimum absolute atomic E-state index is 0.0359. The number of amides is 1. The Morgan fingerprint density at radius 2 is 1.85 bits per heavy atom. The van der Waals surface area contributed by atoms with Gasteiger partial charge in [0.2, 0.25) is 11.8 Å². The fourth-order valence-corrected chi connectivity index (χ4v) is 3.25. The molecule has 2 aromatic heterocycles. The van der Waals surface area contributed by atoms with Crippen molar-refractivity contribution in [1.29, 1.82) is 0 Å². The highest BCUT2D eigenvalue weighted by Crippen LogP contribution is 2.17. The van der Waals surface area contributed by atoms with Crippen LogP contribution in [0.2, 0.25) is 0 Å². The predicted octanol–water partition coefficient (Wildman–Crippen LogP) is 3.08. The van der Waals surface area contributed by atoms with Crippen LogP contribution >= 0.6 is 11.8 Å². The molecular formula is C19H29N5O2S. The van der Waals surface area contributed by atoms with E-state index in [0.29, 0.717) is 37.6 Å². The summed E-state index contributed by atoms with van der Waals surface area (Å²) in [6.07, 6.45) is 5.32. The molecule has 2 rings (SSSR count). The van der Waals surface area contributed by atoms with Crippen LogP contribution in [0.5, 0.6) is 0 Å². The Balaban J connectivity index is 1.70. The molecule has 0 radical (unpaired) electrons. The van der Waals surface area contributed by atoms with E-state index in [1.165, 1.54) is 11.8 Å². The molecule has 1 amide bonds. The molecule has 8 heteroatoms. The Morgan fingerprint density at radius 3 is 2.48 bits per heavy atom. The van der Waals surface area contributed by atoms with Crippen LogP contribution in [-0.4, -0.2) is 38.8 Å². The van der Waals surface area contributed by atoms with Gasteiger partial charge in [-0.3, -0.25) is 4.79 Å². The Bertz CT molecular complexity index is 737. The van der Waals surface area contributed by atoms with Crippen molar-refractivity contribution in [2.24, 2.45) is 5.92 Å². The van der Waals surface area contributed by atoms with Crippen LogP contribution in [0.1, 0.15) is 55.4 Å². The van der Waals surface area contributed by atoms with E-state index in [-0.39, 0.29) is 5.91 Å². The third-order valence-electron chi connectivity index (χ3n) is 4.18. The van der Waals surface area contributed by atoms with Crippen LogP contribution in [-0.2, 0) is 24.1 Å². The number of carbonyl (C=O) groups is 1. The van der Waals surface area contributed by atoms with E-state index in [2.05, 4.69) is 39.3 Å². The van der Waals surface area contributed by atoms with Gasteiger partial charge in [0.15, 0.2) is 11.0 Å². The second-order valence-corrected chi connectivity index (χ2v) is 7.79. The van der Waals surface area contributed by atoms with Gasteiger partial charge in [0.1, 0.15) is 0 Å². The molecule has 0 unspecified atom stereocenters. The summed E-state index contributed by atoms with van der Waals surface area (Å²) in [7, 11) is 0. The molecule has 148 valence electrons. The summed E-state index contributed by atoms with van der Waals surface area (Å²) in [6, 6.07) is 0. The minimum atomic E-state index is 0.0359. The number of rotatable bonds is 10. The van der Waals surface area contributed by atoms with Gasteiger partial charge in [-0.15, -0.1) is 0 Å². The van der Waals surface area contributed by atoms with E-state index in [9.17, 15) is 4.79 Å². The summed E-state index contributed by atoms with van der Waals surface area (Å²) >= 11 is 1.53. The SMILES string of the molecule is CSc1nc(C)c(CCC(=O)NCCCc2nc(CC(C)C)no2)c(C)n1. The molecule has 0 fully saturated rings. The van der Waals surface area contributed by atoms with Crippen molar-refractivity contribution >= 4 is 17.7 Å². The topological polar surface area (TPSA) is 93.8 Å².